The number of carbonyl (C=O) groups is 1. The summed E-state index contributed by atoms with van der Waals surface area (Å²) in [6, 6.07) is -0.262. The average molecular weight is 178 g/mol. The van der Waals surface area contributed by atoms with Crippen LogP contribution < -0.4 is 5.32 Å². The van der Waals surface area contributed by atoms with Crippen molar-refractivity contribution in [1.29, 1.82) is 0 Å². The summed E-state index contributed by atoms with van der Waals surface area (Å²) in [7, 11) is 0. The molecule has 1 saturated carbocycles. The molecular weight excluding hydrogens is 166 g/mol. The number of carboxylic acids is 1. The van der Waals surface area contributed by atoms with E-state index in [9.17, 15) is 4.79 Å². The molecule has 4 heteroatoms. The topological polar surface area (TPSA) is 49.3 Å². The number of hydrogen-bond acceptors (Lipinski definition) is 2. The molecule has 1 aliphatic carbocycles. The normalized spacial score (nSPS) is 31.5. The molecule has 1 atom stereocenters. The van der Waals surface area contributed by atoms with E-state index in [-0.39, 0.29) is 18.4 Å². The lowest BCUT2D eigenvalue weighted by molar-refractivity contribution is -0.139. The molecule has 2 rings (SSSR count). The first kappa shape index (κ1) is 8.81. The molecule has 3 nitrogen and oxygen atoms in total. The highest BCUT2D eigenvalue weighted by atomic mass is 35.5. The third-order valence-electron chi connectivity index (χ3n) is 2.62. The molecule has 1 unspecified atom stereocenters. The van der Waals surface area contributed by atoms with Crippen molar-refractivity contribution >= 4 is 18.4 Å². The lowest BCUT2D eigenvalue weighted by Crippen LogP contribution is -2.29. The Hall–Kier alpha value is -0.280. The van der Waals surface area contributed by atoms with Gasteiger partial charge in [0.05, 0.1) is 0 Å². The molecule has 2 fully saturated rings. The molecule has 11 heavy (non-hydrogen) atoms. The highest BCUT2D eigenvalue weighted by Crippen LogP contribution is 2.51. The Bertz CT molecular complexity index is 179. The molecule has 2 aliphatic rings. The molecule has 64 valence electrons. The van der Waals surface area contributed by atoms with Crippen LogP contribution in [0.15, 0.2) is 0 Å². The minimum atomic E-state index is -0.691. The van der Waals surface area contributed by atoms with Crippen LogP contribution in [0.1, 0.15) is 19.3 Å². The van der Waals surface area contributed by atoms with Gasteiger partial charge in [0, 0.05) is 6.54 Å². The van der Waals surface area contributed by atoms with Crippen LogP contribution in [0.5, 0.6) is 0 Å². The number of rotatable bonds is 1. The molecule has 1 spiro atoms. The largest absolute Gasteiger partial charge is 0.480 e. The number of carboxylic acid groups (broad SMARTS) is 1. The van der Waals surface area contributed by atoms with E-state index in [0.717, 1.165) is 13.0 Å². The van der Waals surface area contributed by atoms with E-state index < -0.39 is 5.97 Å². The van der Waals surface area contributed by atoms with Gasteiger partial charge < -0.3 is 10.4 Å². The molecule has 0 amide bonds. The second kappa shape index (κ2) is 2.64. The Morgan fingerprint density at radius 1 is 1.55 bits per heavy atom. The molecular formula is C7H12ClNO2. The zero-order chi connectivity index (χ0) is 7.19. The van der Waals surface area contributed by atoms with Gasteiger partial charge in [-0.15, -0.1) is 12.4 Å². The van der Waals surface area contributed by atoms with E-state index in [0.29, 0.717) is 5.41 Å². The fourth-order valence-corrected chi connectivity index (χ4v) is 1.65. The molecule has 0 aromatic heterocycles. The Balaban J connectivity index is 0.000000605. The van der Waals surface area contributed by atoms with Crippen molar-refractivity contribution in [3.8, 4) is 0 Å². The molecule has 1 aliphatic heterocycles. The van der Waals surface area contributed by atoms with Gasteiger partial charge in [0.2, 0.25) is 0 Å². The summed E-state index contributed by atoms with van der Waals surface area (Å²) < 4.78 is 0. The van der Waals surface area contributed by atoms with E-state index in [1.54, 1.807) is 0 Å². The fraction of sp³-hybridized carbons (Fsp3) is 0.857. The van der Waals surface area contributed by atoms with Crippen LogP contribution in [0.2, 0.25) is 0 Å². The van der Waals surface area contributed by atoms with E-state index in [4.69, 9.17) is 5.11 Å². The first-order chi connectivity index (χ1) is 4.72. The second-order valence-electron chi connectivity index (χ2n) is 3.48. The summed E-state index contributed by atoms with van der Waals surface area (Å²) in [4.78, 5) is 10.5. The van der Waals surface area contributed by atoms with Gasteiger partial charge in [-0.05, 0) is 24.7 Å². The number of halogens is 1. The molecule has 0 aromatic carbocycles. The van der Waals surface area contributed by atoms with E-state index in [1.165, 1.54) is 12.8 Å². The van der Waals surface area contributed by atoms with Crippen molar-refractivity contribution in [1.82, 2.24) is 5.32 Å². The maximum atomic E-state index is 10.5. The summed E-state index contributed by atoms with van der Waals surface area (Å²) >= 11 is 0. The predicted molar refractivity (Wildman–Crippen MR) is 43.0 cm³/mol. The summed E-state index contributed by atoms with van der Waals surface area (Å²) in [5.41, 5.74) is 0.406. The highest BCUT2D eigenvalue weighted by molar-refractivity contribution is 5.85. The minimum Gasteiger partial charge on any atom is -0.480 e. The van der Waals surface area contributed by atoms with Gasteiger partial charge in [-0.25, -0.2) is 0 Å². The van der Waals surface area contributed by atoms with Gasteiger partial charge in [-0.2, -0.15) is 0 Å². The molecule has 1 saturated heterocycles. The smallest absolute Gasteiger partial charge is 0.320 e. The monoisotopic (exact) mass is 177 g/mol. The summed E-state index contributed by atoms with van der Waals surface area (Å²) in [5, 5.41) is 11.6. The number of nitrogens with one attached hydrogen (secondary N) is 1. The molecule has 0 bridgehead atoms. The Labute approximate surface area is 71.6 Å². The van der Waals surface area contributed by atoms with Gasteiger partial charge in [0.15, 0.2) is 0 Å². The van der Waals surface area contributed by atoms with Gasteiger partial charge in [-0.3, -0.25) is 4.79 Å². The zero-order valence-electron chi connectivity index (χ0n) is 6.17. The van der Waals surface area contributed by atoms with Gasteiger partial charge >= 0.3 is 5.97 Å². The van der Waals surface area contributed by atoms with Crippen LogP contribution in [0, 0.1) is 5.41 Å². The molecule has 2 N–H and O–H groups in total. The average Bonchev–Trinajstić information content (AvgIpc) is 2.41. The van der Waals surface area contributed by atoms with Crippen molar-refractivity contribution < 1.29 is 9.90 Å². The predicted octanol–water partition coefficient (Wildman–Crippen LogP) is 0.635. The summed E-state index contributed by atoms with van der Waals surface area (Å²) in [6.45, 7) is 0.921. The van der Waals surface area contributed by atoms with Crippen molar-refractivity contribution in [3.05, 3.63) is 0 Å². The van der Waals surface area contributed by atoms with Crippen molar-refractivity contribution in [2.75, 3.05) is 6.54 Å². The number of aliphatic carboxylic acids is 1. The van der Waals surface area contributed by atoms with Gasteiger partial charge in [-0.1, -0.05) is 0 Å². The van der Waals surface area contributed by atoms with E-state index >= 15 is 0 Å². The zero-order valence-corrected chi connectivity index (χ0v) is 6.99. The Kier molecular flexibility index (Phi) is 2.12. The van der Waals surface area contributed by atoms with Crippen molar-refractivity contribution in [2.24, 2.45) is 5.41 Å². The van der Waals surface area contributed by atoms with Crippen molar-refractivity contribution in [2.45, 2.75) is 25.3 Å². The van der Waals surface area contributed by atoms with Crippen LogP contribution in [0.4, 0.5) is 0 Å². The third-order valence-corrected chi connectivity index (χ3v) is 2.62. The molecule has 1 heterocycles. The first-order valence-corrected chi connectivity index (χ1v) is 3.68. The molecule has 0 radical (unpaired) electrons. The van der Waals surface area contributed by atoms with Crippen LogP contribution in [-0.2, 0) is 4.79 Å². The van der Waals surface area contributed by atoms with Crippen LogP contribution in [-0.4, -0.2) is 23.7 Å². The number of hydrogen-bond donors (Lipinski definition) is 2. The standard InChI is InChI=1S/C7H11NO2.ClH/c9-6(10)5-3-7(1-2-7)4-8-5;/h5,8H,1-4H2,(H,9,10);1H. The SMILES string of the molecule is Cl.O=C(O)C1CC2(CC2)CN1. The quantitative estimate of drug-likeness (QED) is 0.618. The lowest BCUT2D eigenvalue weighted by atomic mass is 10.0. The van der Waals surface area contributed by atoms with Gasteiger partial charge in [0.1, 0.15) is 6.04 Å². The Morgan fingerprint density at radius 3 is 2.45 bits per heavy atom. The Morgan fingerprint density at radius 2 is 2.18 bits per heavy atom. The lowest BCUT2D eigenvalue weighted by Gasteiger charge is -2.01. The maximum Gasteiger partial charge on any atom is 0.320 e. The molecule has 0 aromatic rings. The van der Waals surface area contributed by atoms with Crippen molar-refractivity contribution in [3.63, 3.8) is 0 Å². The summed E-state index contributed by atoms with van der Waals surface area (Å²) in [6.07, 6.45) is 3.30. The van der Waals surface area contributed by atoms with E-state index in [1.807, 2.05) is 0 Å². The van der Waals surface area contributed by atoms with Crippen LogP contribution in [0.25, 0.3) is 0 Å². The first-order valence-electron chi connectivity index (χ1n) is 3.68. The fourth-order valence-electron chi connectivity index (χ4n) is 1.65. The minimum absolute atomic E-state index is 0. The van der Waals surface area contributed by atoms with E-state index in [2.05, 4.69) is 5.32 Å². The second-order valence-corrected chi connectivity index (χ2v) is 3.48. The van der Waals surface area contributed by atoms with Crippen LogP contribution >= 0.6 is 12.4 Å². The van der Waals surface area contributed by atoms with Crippen LogP contribution in [0.3, 0.4) is 0 Å². The maximum absolute atomic E-state index is 10.5. The third kappa shape index (κ3) is 1.49. The highest BCUT2D eigenvalue weighted by Gasteiger charge is 2.49. The van der Waals surface area contributed by atoms with Gasteiger partial charge in [0.25, 0.3) is 0 Å². The summed E-state index contributed by atoms with van der Waals surface area (Å²) in [5.74, 6) is -0.691.